The number of carboxylic acid groups (broad SMARTS) is 1. The van der Waals surface area contributed by atoms with Crippen LogP contribution in [0, 0.1) is 6.92 Å². The van der Waals surface area contributed by atoms with Gasteiger partial charge in [0.1, 0.15) is 0 Å². The highest BCUT2D eigenvalue weighted by Gasteiger charge is 2.12. The topological polar surface area (TPSA) is 66.6 Å². The van der Waals surface area contributed by atoms with Crippen molar-refractivity contribution in [2.45, 2.75) is 6.92 Å². The van der Waals surface area contributed by atoms with E-state index in [1.165, 1.54) is 6.07 Å². The van der Waals surface area contributed by atoms with Gasteiger partial charge in [-0.2, -0.15) is 0 Å². The fourth-order valence-corrected chi connectivity index (χ4v) is 2.06. The molecule has 0 fully saturated rings. The predicted octanol–water partition coefficient (Wildman–Crippen LogP) is 3.04. The molecule has 0 saturated carbocycles. The Morgan fingerprint density at radius 2 is 1.84 bits per heavy atom. The van der Waals surface area contributed by atoms with E-state index in [0.29, 0.717) is 5.69 Å². The number of aryl methyl sites for hydroxylation is 1. The minimum atomic E-state index is -0.975. The Hall–Kier alpha value is -2.49. The van der Waals surface area contributed by atoms with Crippen LogP contribution in [0.2, 0.25) is 0 Å². The molecule has 0 radical (unpaired) electrons. The monoisotopic (exact) mass is 256 g/mol. The van der Waals surface area contributed by atoms with Crippen LogP contribution < -0.4 is 10.6 Å². The summed E-state index contributed by atoms with van der Waals surface area (Å²) in [5.41, 5.74) is 9.55. The summed E-state index contributed by atoms with van der Waals surface area (Å²) in [4.78, 5) is 12.8. The first kappa shape index (κ1) is 13.0. The number of nitrogens with two attached hydrogens (primary N) is 1. The molecule has 0 unspecified atom stereocenters. The molecule has 4 nitrogen and oxygen atoms in total. The number of para-hydroxylation sites is 1. The molecule has 0 aliphatic rings. The number of benzene rings is 2. The Bertz CT molecular complexity index is 623. The fourth-order valence-electron chi connectivity index (χ4n) is 2.06. The summed E-state index contributed by atoms with van der Waals surface area (Å²) in [6.07, 6.45) is 0. The third kappa shape index (κ3) is 2.52. The van der Waals surface area contributed by atoms with Gasteiger partial charge in [0.15, 0.2) is 0 Å². The van der Waals surface area contributed by atoms with E-state index in [1.807, 2.05) is 43.1 Å². The SMILES string of the molecule is Cc1ccccc1N(C)c1ccc(C(=O)O)cc1N. The van der Waals surface area contributed by atoms with Gasteiger partial charge in [-0.15, -0.1) is 0 Å². The Balaban J connectivity index is 2.42. The normalized spacial score (nSPS) is 10.2. The van der Waals surface area contributed by atoms with Gasteiger partial charge in [-0.25, -0.2) is 4.79 Å². The molecule has 2 aromatic carbocycles. The maximum absolute atomic E-state index is 10.9. The quantitative estimate of drug-likeness (QED) is 0.828. The van der Waals surface area contributed by atoms with Crippen molar-refractivity contribution >= 4 is 23.0 Å². The van der Waals surface area contributed by atoms with Gasteiger partial charge in [0.2, 0.25) is 0 Å². The summed E-state index contributed by atoms with van der Waals surface area (Å²) >= 11 is 0. The molecule has 3 N–H and O–H groups in total. The third-order valence-electron chi connectivity index (χ3n) is 3.11. The van der Waals surface area contributed by atoms with Crippen LogP contribution in [0.3, 0.4) is 0 Å². The number of hydrogen-bond acceptors (Lipinski definition) is 3. The van der Waals surface area contributed by atoms with E-state index in [9.17, 15) is 4.79 Å². The van der Waals surface area contributed by atoms with Crippen molar-refractivity contribution in [3.8, 4) is 0 Å². The van der Waals surface area contributed by atoms with Gasteiger partial charge < -0.3 is 15.7 Å². The number of anilines is 3. The molecule has 2 aromatic rings. The van der Waals surface area contributed by atoms with Gasteiger partial charge in [-0.05, 0) is 36.8 Å². The summed E-state index contributed by atoms with van der Waals surface area (Å²) in [5.74, 6) is -0.975. The van der Waals surface area contributed by atoms with E-state index in [2.05, 4.69) is 0 Å². The fraction of sp³-hybridized carbons (Fsp3) is 0.133. The highest BCUT2D eigenvalue weighted by molar-refractivity contribution is 5.91. The van der Waals surface area contributed by atoms with Gasteiger partial charge in [-0.1, -0.05) is 18.2 Å². The maximum Gasteiger partial charge on any atom is 0.335 e. The molecule has 0 saturated heterocycles. The Morgan fingerprint density at radius 3 is 2.42 bits per heavy atom. The van der Waals surface area contributed by atoms with Crippen LogP contribution in [0.4, 0.5) is 17.1 Å². The van der Waals surface area contributed by atoms with Crippen LogP contribution in [-0.4, -0.2) is 18.1 Å². The number of carboxylic acids is 1. The van der Waals surface area contributed by atoms with Crippen LogP contribution in [0.1, 0.15) is 15.9 Å². The van der Waals surface area contributed by atoms with Crippen molar-refractivity contribution in [3.63, 3.8) is 0 Å². The summed E-state index contributed by atoms with van der Waals surface area (Å²) in [6.45, 7) is 2.02. The van der Waals surface area contributed by atoms with Crippen molar-refractivity contribution in [2.75, 3.05) is 17.7 Å². The van der Waals surface area contributed by atoms with E-state index in [0.717, 1.165) is 16.9 Å². The van der Waals surface area contributed by atoms with Crippen LogP contribution >= 0.6 is 0 Å². The zero-order valence-corrected chi connectivity index (χ0v) is 10.9. The molecular formula is C15H16N2O2. The molecule has 0 aromatic heterocycles. The average molecular weight is 256 g/mol. The van der Waals surface area contributed by atoms with Crippen molar-refractivity contribution in [2.24, 2.45) is 0 Å². The van der Waals surface area contributed by atoms with Crippen LogP contribution in [0.25, 0.3) is 0 Å². The molecule has 98 valence electrons. The lowest BCUT2D eigenvalue weighted by molar-refractivity contribution is 0.0697. The van der Waals surface area contributed by atoms with E-state index >= 15 is 0 Å². The van der Waals surface area contributed by atoms with E-state index in [-0.39, 0.29) is 5.56 Å². The number of carbonyl (C=O) groups is 1. The minimum Gasteiger partial charge on any atom is -0.478 e. The van der Waals surface area contributed by atoms with Crippen molar-refractivity contribution in [3.05, 3.63) is 53.6 Å². The number of rotatable bonds is 3. The second kappa shape index (κ2) is 5.02. The minimum absolute atomic E-state index is 0.194. The Labute approximate surface area is 112 Å². The van der Waals surface area contributed by atoms with Gasteiger partial charge in [0, 0.05) is 12.7 Å². The first-order chi connectivity index (χ1) is 9.00. The van der Waals surface area contributed by atoms with E-state index in [4.69, 9.17) is 10.8 Å². The lowest BCUT2D eigenvalue weighted by Crippen LogP contribution is -2.13. The number of nitrogens with zero attached hydrogens (tertiary/aromatic N) is 1. The standard InChI is InChI=1S/C15H16N2O2/c1-10-5-3-4-6-13(10)17(2)14-8-7-11(15(18)19)9-12(14)16/h3-9H,16H2,1-2H3,(H,18,19). The lowest BCUT2D eigenvalue weighted by atomic mass is 10.1. The molecule has 0 spiro atoms. The average Bonchev–Trinajstić information content (AvgIpc) is 2.38. The zero-order chi connectivity index (χ0) is 14.0. The van der Waals surface area contributed by atoms with Gasteiger partial charge in [-0.3, -0.25) is 0 Å². The molecule has 0 bridgehead atoms. The second-order valence-electron chi connectivity index (χ2n) is 4.42. The lowest BCUT2D eigenvalue weighted by Gasteiger charge is -2.23. The number of aromatic carboxylic acids is 1. The molecule has 2 rings (SSSR count). The Kier molecular flexibility index (Phi) is 3.42. The molecule has 19 heavy (non-hydrogen) atoms. The first-order valence-electron chi connectivity index (χ1n) is 5.93. The summed E-state index contributed by atoms with van der Waals surface area (Å²) < 4.78 is 0. The molecular weight excluding hydrogens is 240 g/mol. The van der Waals surface area contributed by atoms with E-state index < -0.39 is 5.97 Å². The van der Waals surface area contributed by atoms with Crippen LogP contribution in [0.5, 0.6) is 0 Å². The largest absolute Gasteiger partial charge is 0.478 e. The van der Waals surface area contributed by atoms with Crippen LogP contribution in [-0.2, 0) is 0 Å². The Morgan fingerprint density at radius 1 is 1.16 bits per heavy atom. The number of nitrogen functional groups attached to an aromatic ring is 1. The molecule has 0 atom stereocenters. The van der Waals surface area contributed by atoms with Gasteiger partial charge in [0.25, 0.3) is 0 Å². The van der Waals surface area contributed by atoms with Gasteiger partial charge >= 0.3 is 5.97 Å². The summed E-state index contributed by atoms with van der Waals surface area (Å²) in [5, 5.41) is 8.93. The molecule has 0 aliphatic carbocycles. The third-order valence-corrected chi connectivity index (χ3v) is 3.11. The molecule has 0 amide bonds. The van der Waals surface area contributed by atoms with Crippen molar-refractivity contribution < 1.29 is 9.90 Å². The molecule has 4 heteroatoms. The highest BCUT2D eigenvalue weighted by Crippen LogP contribution is 2.31. The van der Waals surface area contributed by atoms with Gasteiger partial charge in [0.05, 0.1) is 16.9 Å². The summed E-state index contributed by atoms with van der Waals surface area (Å²) in [6, 6.07) is 12.7. The zero-order valence-electron chi connectivity index (χ0n) is 10.9. The van der Waals surface area contributed by atoms with Crippen molar-refractivity contribution in [1.29, 1.82) is 0 Å². The molecule has 0 heterocycles. The smallest absolute Gasteiger partial charge is 0.335 e. The predicted molar refractivity (Wildman–Crippen MR) is 77.1 cm³/mol. The van der Waals surface area contributed by atoms with Crippen LogP contribution in [0.15, 0.2) is 42.5 Å². The maximum atomic E-state index is 10.9. The second-order valence-corrected chi connectivity index (χ2v) is 4.42. The first-order valence-corrected chi connectivity index (χ1v) is 5.93. The van der Waals surface area contributed by atoms with E-state index in [1.54, 1.807) is 12.1 Å². The van der Waals surface area contributed by atoms with Crippen molar-refractivity contribution in [1.82, 2.24) is 0 Å². The molecule has 0 aliphatic heterocycles. The summed E-state index contributed by atoms with van der Waals surface area (Å²) in [7, 11) is 1.91. The number of hydrogen-bond donors (Lipinski definition) is 2. The highest BCUT2D eigenvalue weighted by atomic mass is 16.4.